The standard InChI is InChI=1S/C19H24O2/c1-5-19(3,4)16-8-12-18(13-9-16)21-17-10-6-15(7-11-17)14(2)20/h6-14,20H,5H2,1-4H3/t14-/m1/s1. The highest BCUT2D eigenvalue weighted by Gasteiger charge is 2.17. The van der Waals surface area contributed by atoms with Crippen LogP contribution in [0, 0.1) is 0 Å². The van der Waals surface area contributed by atoms with E-state index in [0.29, 0.717) is 0 Å². The quantitative estimate of drug-likeness (QED) is 0.815. The topological polar surface area (TPSA) is 29.5 Å². The molecular formula is C19H24O2. The van der Waals surface area contributed by atoms with Crippen molar-refractivity contribution in [1.29, 1.82) is 0 Å². The highest BCUT2D eigenvalue weighted by Crippen LogP contribution is 2.29. The van der Waals surface area contributed by atoms with Crippen LogP contribution in [0.25, 0.3) is 0 Å². The normalized spacial score (nSPS) is 13.0. The molecule has 0 aliphatic rings. The summed E-state index contributed by atoms with van der Waals surface area (Å²) in [6.07, 6.45) is 0.656. The summed E-state index contributed by atoms with van der Waals surface area (Å²) in [5.74, 6) is 1.61. The second-order valence-corrected chi connectivity index (χ2v) is 6.11. The molecule has 2 nitrogen and oxygen atoms in total. The number of hydrogen-bond donors (Lipinski definition) is 1. The van der Waals surface area contributed by atoms with Crippen molar-refractivity contribution in [1.82, 2.24) is 0 Å². The van der Waals surface area contributed by atoms with Gasteiger partial charge in [0.15, 0.2) is 0 Å². The molecule has 2 aromatic rings. The fourth-order valence-corrected chi connectivity index (χ4v) is 2.13. The van der Waals surface area contributed by atoms with Gasteiger partial charge < -0.3 is 9.84 Å². The lowest BCUT2D eigenvalue weighted by Gasteiger charge is -2.23. The summed E-state index contributed by atoms with van der Waals surface area (Å²) in [7, 11) is 0. The predicted molar refractivity (Wildman–Crippen MR) is 86.9 cm³/mol. The molecule has 1 N–H and O–H groups in total. The van der Waals surface area contributed by atoms with Gasteiger partial charge in [0, 0.05) is 0 Å². The minimum Gasteiger partial charge on any atom is -0.457 e. The van der Waals surface area contributed by atoms with Gasteiger partial charge in [-0.3, -0.25) is 0 Å². The van der Waals surface area contributed by atoms with Gasteiger partial charge in [0.05, 0.1) is 6.10 Å². The van der Waals surface area contributed by atoms with E-state index in [1.807, 2.05) is 36.4 Å². The third-order valence-electron chi connectivity index (χ3n) is 4.12. The van der Waals surface area contributed by atoms with Crippen LogP contribution in [0.15, 0.2) is 48.5 Å². The summed E-state index contributed by atoms with van der Waals surface area (Å²) >= 11 is 0. The molecule has 0 unspecified atom stereocenters. The fraction of sp³-hybridized carbons (Fsp3) is 0.368. The van der Waals surface area contributed by atoms with Crippen molar-refractivity contribution in [2.75, 3.05) is 0 Å². The zero-order valence-electron chi connectivity index (χ0n) is 13.3. The van der Waals surface area contributed by atoms with Crippen LogP contribution in [-0.2, 0) is 5.41 Å². The van der Waals surface area contributed by atoms with Gasteiger partial charge in [0.1, 0.15) is 11.5 Å². The highest BCUT2D eigenvalue weighted by molar-refractivity contribution is 5.36. The molecule has 0 saturated heterocycles. The van der Waals surface area contributed by atoms with Crippen molar-refractivity contribution in [2.45, 2.75) is 45.6 Å². The maximum atomic E-state index is 9.49. The maximum absolute atomic E-state index is 9.49. The van der Waals surface area contributed by atoms with Gasteiger partial charge in [-0.1, -0.05) is 45.0 Å². The molecule has 0 aromatic heterocycles. The zero-order chi connectivity index (χ0) is 15.5. The van der Waals surface area contributed by atoms with Crippen LogP contribution in [0.5, 0.6) is 11.5 Å². The lowest BCUT2D eigenvalue weighted by molar-refractivity contribution is 0.199. The first-order valence-corrected chi connectivity index (χ1v) is 7.49. The van der Waals surface area contributed by atoms with Crippen molar-refractivity contribution in [3.8, 4) is 11.5 Å². The largest absolute Gasteiger partial charge is 0.457 e. The minimum atomic E-state index is -0.449. The average Bonchev–Trinajstić information content (AvgIpc) is 2.48. The second kappa shape index (κ2) is 6.31. The summed E-state index contributed by atoms with van der Waals surface area (Å²) in [5.41, 5.74) is 2.40. The van der Waals surface area contributed by atoms with Crippen LogP contribution >= 0.6 is 0 Å². The number of aliphatic hydroxyl groups excluding tert-OH is 1. The zero-order valence-corrected chi connectivity index (χ0v) is 13.3. The van der Waals surface area contributed by atoms with Crippen molar-refractivity contribution in [3.05, 3.63) is 59.7 Å². The second-order valence-electron chi connectivity index (χ2n) is 6.11. The number of benzene rings is 2. The molecule has 1 atom stereocenters. The molecule has 0 spiro atoms. The first kappa shape index (κ1) is 15.6. The molecule has 2 aromatic carbocycles. The Morgan fingerprint density at radius 2 is 1.43 bits per heavy atom. The third-order valence-corrected chi connectivity index (χ3v) is 4.12. The van der Waals surface area contributed by atoms with E-state index in [9.17, 15) is 5.11 Å². The van der Waals surface area contributed by atoms with Crippen LogP contribution in [-0.4, -0.2) is 5.11 Å². The van der Waals surface area contributed by atoms with E-state index in [1.165, 1.54) is 5.56 Å². The van der Waals surface area contributed by atoms with Gasteiger partial charge >= 0.3 is 0 Å². The Morgan fingerprint density at radius 1 is 0.952 bits per heavy atom. The first-order valence-electron chi connectivity index (χ1n) is 7.49. The molecule has 112 valence electrons. The van der Waals surface area contributed by atoms with Crippen LogP contribution in [0.4, 0.5) is 0 Å². The molecule has 0 fully saturated rings. The molecule has 2 rings (SSSR count). The van der Waals surface area contributed by atoms with Crippen molar-refractivity contribution < 1.29 is 9.84 Å². The smallest absolute Gasteiger partial charge is 0.127 e. The molecule has 0 bridgehead atoms. The van der Waals surface area contributed by atoms with Gasteiger partial charge in [-0.2, -0.15) is 0 Å². The van der Waals surface area contributed by atoms with E-state index in [2.05, 4.69) is 32.9 Å². The molecule has 21 heavy (non-hydrogen) atoms. The Labute approximate surface area is 127 Å². The molecule has 0 aliphatic heterocycles. The lowest BCUT2D eigenvalue weighted by Crippen LogP contribution is -2.14. The Kier molecular flexibility index (Phi) is 4.69. The van der Waals surface area contributed by atoms with E-state index in [4.69, 9.17) is 4.74 Å². The Morgan fingerprint density at radius 3 is 1.86 bits per heavy atom. The van der Waals surface area contributed by atoms with Gasteiger partial charge in [0.25, 0.3) is 0 Å². The first-order chi connectivity index (χ1) is 9.92. The van der Waals surface area contributed by atoms with Crippen LogP contribution in [0.2, 0.25) is 0 Å². The lowest BCUT2D eigenvalue weighted by atomic mass is 9.82. The van der Waals surface area contributed by atoms with E-state index in [1.54, 1.807) is 6.92 Å². The minimum absolute atomic E-state index is 0.192. The number of aliphatic hydroxyl groups is 1. The number of rotatable bonds is 5. The summed E-state index contributed by atoms with van der Waals surface area (Å²) < 4.78 is 5.83. The highest BCUT2D eigenvalue weighted by atomic mass is 16.5. The molecule has 0 heterocycles. The van der Waals surface area contributed by atoms with Crippen LogP contribution in [0.1, 0.15) is 51.3 Å². The molecular weight excluding hydrogens is 260 g/mol. The molecule has 2 heteroatoms. The van der Waals surface area contributed by atoms with Crippen LogP contribution < -0.4 is 4.74 Å². The molecule has 0 radical (unpaired) electrons. The van der Waals surface area contributed by atoms with Crippen LogP contribution in [0.3, 0.4) is 0 Å². The molecule has 0 amide bonds. The van der Waals surface area contributed by atoms with E-state index >= 15 is 0 Å². The number of ether oxygens (including phenoxy) is 1. The SMILES string of the molecule is CCC(C)(C)c1ccc(Oc2ccc([C@@H](C)O)cc2)cc1. The van der Waals surface area contributed by atoms with Crippen molar-refractivity contribution >= 4 is 0 Å². The van der Waals surface area contributed by atoms with Gasteiger partial charge in [-0.15, -0.1) is 0 Å². The van der Waals surface area contributed by atoms with E-state index in [0.717, 1.165) is 23.5 Å². The maximum Gasteiger partial charge on any atom is 0.127 e. The van der Waals surface area contributed by atoms with Crippen molar-refractivity contribution in [3.63, 3.8) is 0 Å². The van der Waals surface area contributed by atoms with Gasteiger partial charge in [-0.05, 0) is 54.2 Å². The fourth-order valence-electron chi connectivity index (χ4n) is 2.13. The Hall–Kier alpha value is -1.80. The molecule has 0 aliphatic carbocycles. The van der Waals surface area contributed by atoms with Crippen molar-refractivity contribution in [2.24, 2.45) is 0 Å². The summed E-state index contributed by atoms with van der Waals surface area (Å²) in [5, 5.41) is 9.49. The van der Waals surface area contributed by atoms with Gasteiger partial charge in [0.2, 0.25) is 0 Å². The number of hydrogen-bond acceptors (Lipinski definition) is 2. The summed E-state index contributed by atoms with van der Waals surface area (Å²) in [6, 6.07) is 15.8. The van der Waals surface area contributed by atoms with Gasteiger partial charge in [-0.25, -0.2) is 0 Å². The van der Waals surface area contributed by atoms with E-state index in [-0.39, 0.29) is 5.41 Å². The van der Waals surface area contributed by atoms with E-state index < -0.39 is 6.10 Å². The predicted octanol–water partition coefficient (Wildman–Crippen LogP) is 5.22. The Balaban J connectivity index is 2.10. The summed E-state index contributed by atoms with van der Waals surface area (Å²) in [6.45, 7) is 8.45. The summed E-state index contributed by atoms with van der Waals surface area (Å²) in [4.78, 5) is 0. The Bertz CT molecular complexity index is 566. The average molecular weight is 284 g/mol. The third kappa shape index (κ3) is 3.85. The molecule has 0 saturated carbocycles. The monoisotopic (exact) mass is 284 g/mol.